The lowest BCUT2D eigenvalue weighted by atomic mass is 10.8. The first-order valence-electron chi connectivity index (χ1n) is 4.92. The molecule has 14 heavy (non-hydrogen) atoms. The van der Waals surface area contributed by atoms with Gasteiger partial charge in [0.1, 0.15) is 0 Å². The molecule has 0 aliphatic rings. The van der Waals surface area contributed by atoms with E-state index in [9.17, 15) is 0 Å². The van der Waals surface area contributed by atoms with Crippen LogP contribution in [0.15, 0.2) is 12.3 Å². The van der Waals surface area contributed by atoms with E-state index < -0.39 is 8.24 Å². The lowest BCUT2D eigenvalue weighted by molar-refractivity contribution is 0.205. The minimum atomic E-state index is -1.54. The molecule has 0 spiro atoms. The molecule has 84 valence electrons. The molecule has 0 saturated heterocycles. The Hall–Kier alpha value is -0.163. The van der Waals surface area contributed by atoms with E-state index in [1.807, 2.05) is 0 Å². The topological polar surface area (TPSA) is 21.7 Å². The zero-order valence-corrected chi connectivity index (χ0v) is 10.9. The van der Waals surface area contributed by atoms with Crippen LogP contribution in [-0.4, -0.2) is 54.3 Å². The maximum Gasteiger partial charge on any atom is 0.156 e. The van der Waals surface area contributed by atoms with Gasteiger partial charge in [0.15, 0.2) is 8.24 Å². The van der Waals surface area contributed by atoms with E-state index in [1.54, 1.807) is 14.2 Å². The quantitative estimate of drug-likeness (QED) is 0.575. The predicted octanol–water partition coefficient (Wildman–Crippen LogP) is 1.51. The third-order valence-electron chi connectivity index (χ3n) is 2.75. The van der Waals surface area contributed by atoms with Crippen molar-refractivity contribution in [1.82, 2.24) is 4.57 Å². The van der Waals surface area contributed by atoms with E-state index in [-0.39, 0.29) is 0 Å². The van der Waals surface area contributed by atoms with Gasteiger partial charge in [-0.2, -0.15) is 0 Å². The predicted molar refractivity (Wildman–Crippen MR) is 63.0 cm³/mol. The fraction of sp³-hybridized carbons (Fsp3) is 0.800. The third kappa shape index (κ3) is 3.92. The van der Waals surface area contributed by atoms with E-state index in [1.165, 1.54) is 0 Å². The number of ether oxygens (including phenoxy) is 2. The molecule has 0 aromatic heterocycles. The summed E-state index contributed by atoms with van der Waals surface area (Å²) < 4.78 is 12.6. The van der Waals surface area contributed by atoms with Gasteiger partial charge in [-0.05, 0) is 26.2 Å². The summed E-state index contributed by atoms with van der Waals surface area (Å²) in [5.41, 5.74) is 2.13. The maximum absolute atomic E-state index is 5.15. The zero-order valence-electron chi connectivity index (χ0n) is 9.88. The number of hydrogen-bond donors (Lipinski definition) is 0. The van der Waals surface area contributed by atoms with Crippen molar-refractivity contribution in [3.63, 3.8) is 0 Å². The second-order valence-corrected chi connectivity index (χ2v) is 8.20. The molecule has 0 N–H and O–H groups in total. The average molecular weight is 217 g/mol. The van der Waals surface area contributed by atoms with Gasteiger partial charge in [-0.15, -0.1) is 6.58 Å². The second kappa shape index (κ2) is 7.17. The van der Waals surface area contributed by atoms with Crippen LogP contribution in [0.1, 0.15) is 0 Å². The molecular formula is C10H23NO2Si. The summed E-state index contributed by atoms with van der Waals surface area (Å²) in [5.74, 6) is 0. The van der Waals surface area contributed by atoms with Crippen LogP contribution >= 0.6 is 0 Å². The van der Waals surface area contributed by atoms with Crippen molar-refractivity contribution in [3.8, 4) is 0 Å². The van der Waals surface area contributed by atoms with Crippen molar-refractivity contribution in [2.45, 2.75) is 12.1 Å². The summed E-state index contributed by atoms with van der Waals surface area (Å²) in [6, 6.07) is 2.17. The van der Waals surface area contributed by atoms with Gasteiger partial charge in [-0.25, -0.2) is 0 Å². The van der Waals surface area contributed by atoms with Crippen molar-refractivity contribution < 1.29 is 9.47 Å². The van der Waals surface area contributed by atoms with Crippen LogP contribution in [0.3, 0.4) is 0 Å². The minimum absolute atomic E-state index is 0.806. The highest BCUT2D eigenvalue weighted by molar-refractivity contribution is 6.81. The van der Waals surface area contributed by atoms with E-state index in [4.69, 9.17) is 9.47 Å². The van der Waals surface area contributed by atoms with Crippen molar-refractivity contribution in [2.24, 2.45) is 0 Å². The molecular weight excluding hydrogens is 194 g/mol. The first kappa shape index (κ1) is 13.8. The lowest BCUT2D eigenvalue weighted by Gasteiger charge is -2.34. The molecule has 0 heterocycles. The van der Waals surface area contributed by atoms with Crippen molar-refractivity contribution in [2.75, 3.05) is 41.5 Å². The molecule has 0 aromatic rings. The summed E-state index contributed by atoms with van der Waals surface area (Å²) in [7, 11) is 6.20. The molecule has 3 nitrogen and oxygen atoms in total. The summed E-state index contributed by atoms with van der Waals surface area (Å²) in [6.45, 7) is 5.58. The van der Waals surface area contributed by atoms with E-state index in [2.05, 4.69) is 30.9 Å². The molecule has 0 saturated carbocycles. The van der Waals surface area contributed by atoms with Gasteiger partial charge < -0.3 is 14.0 Å². The minimum Gasteiger partial charge on any atom is -0.385 e. The molecule has 0 radical (unpaired) electrons. The summed E-state index contributed by atoms with van der Waals surface area (Å²) >= 11 is 0. The van der Waals surface area contributed by atoms with Crippen LogP contribution in [0, 0.1) is 0 Å². The molecule has 0 amide bonds. The van der Waals surface area contributed by atoms with Gasteiger partial charge in [0.2, 0.25) is 0 Å². The van der Waals surface area contributed by atoms with E-state index in [0.29, 0.717) is 0 Å². The summed E-state index contributed by atoms with van der Waals surface area (Å²) in [4.78, 5) is 0. The van der Waals surface area contributed by atoms with Crippen LogP contribution in [0.2, 0.25) is 12.1 Å². The Bertz CT molecular complexity index is 154. The molecule has 4 heteroatoms. The average Bonchev–Trinajstić information content (AvgIpc) is 2.18. The number of methoxy groups -OCH3 is 2. The van der Waals surface area contributed by atoms with Gasteiger partial charge >= 0.3 is 0 Å². The Kier molecular flexibility index (Phi) is 7.09. The van der Waals surface area contributed by atoms with E-state index in [0.717, 1.165) is 25.3 Å². The van der Waals surface area contributed by atoms with Gasteiger partial charge in [0.05, 0.1) is 0 Å². The Morgan fingerprint density at radius 1 is 1.14 bits per heavy atom. The highest BCUT2D eigenvalue weighted by Crippen LogP contribution is 2.19. The first-order valence-corrected chi connectivity index (χ1v) is 7.35. The Labute approximate surface area is 88.8 Å². The normalized spacial score (nSPS) is 12.1. The highest BCUT2D eigenvalue weighted by atomic mass is 28.3. The van der Waals surface area contributed by atoms with Gasteiger partial charge in [0.25, 0.3) is 0 Å². The van der Waals surface area contributed by atoms with E-state index >= 15 is 0 Å². The zero-order chi connectivity index (χ0) is 11.0. The van der Waals surface area contributed by atoms with Crippen LogP contribution < -0.4 is 0 Å². The number of hydrogen-bond acceptors (Lipinski definition) is 3. The molecule has 0 fully saturated rings. The molecule has 0 aromatic carbocycles. The molecule has 0 bridgehead atoms. The van der Waals surface area contributed by atoms with Crippen LogP contribution in [-0.2, 0) is 9.47 Å². The fourth-order valence-corrected chi connectivity index (χ4v) is 4.55. The van der Waals surface area contributed by atoms with Crippen molar-refractivity contribution in [1.29, 1.82) is 0 Å². The Balaban J connectivity index is 4.35. The van der Waals surface area contributed by atoms with Crippen molar-refractivity contribution >= 4 is 8.24 Å². The number of nitrogens with zero attached hydrogens (tertiary/aromatic N) is 1. The van der Waals surface area contributed by atoms with Crippen LogP contribution in [0.25, 0.3) is 0 Å². The Morgan fingerprint density at radius 3 is 1.79 bits per heavy atom. The molecule has 0 aliphatic carbocycles. The first-order chi connectivity index (χ1) is 6.63. The monoisotopic (exact) mass is 217 g/mol. The largest absolute Gasteiger partial charge is 0.385 e. The van der Waals surface area contributed by atoms with Crippen LogP contribution in [0.4, 0.5) is 0 Å². The lowest BCUT2D eigenvalue weighted by Crippen LogP contribution is -2.49. The SMILES string of the molecule is C=C[Si](CCOC)(CCOC)N(C)C. The second-order valence-electron chi connectivity index (χ2n) is 3.69. The maximum atomic E-state index is 5.15. The van der Waals surface area contributed by atoms with Crippen molar-refractivity contribution in [3.05, 3.63) is 12.3 Å². The Morgan fingerprint density at radius 2 is 1.57 bits per heavy atom. The molecule has 0 atom stereocenters. The van der Waals surface area contributed by atoms with Gasteiger partial charge in [-0.3, -0.25) is 0 Å². The standard InChI is InChI=1S/C10H23NO2Si/c1-6-14(11(2)3,9-7-12-4)10-8-13-5/h6H,1,7-10H2,2-5H3. The molecule has 0 unspecified atom stereocenters. The third-order valence-corrected chi connectivity index (χ3v) is 7.43. The summed E-state index contributed by atoms with van der Waals surface area (Å²) in [5, 5.41) is 0. The molecule has 0 rings (SSSR count). The summed E-state index contributed by atoms with van der Waals surface area (Å²) in [6.07, 6.45) is 0. The smallest absolute Gasteiger partial charge is 0.156 e. The van der Waals surface area contributed by atoms with Crippen LogP contribution in [0.5, 0.6) is 0 Å². The van der Waals surface area contributed by atoms with Gasteiger partial charge in [-0.1, -0.05) is 5.70 Å². The van der Waals surface area contributed by atoms with Gasteiger partial charge in [0, 0.05) is 27.4 Å². The fourth-order valence-electron chi connectivity index (χ4n) is 1.52. The molecule has 0 aliphatic heterocycles. The highest BCUT2D eigenvalue weighted by Gasteiger charge is 2.31. The number of rotatable bonds is 8.